The fourth-order valence-electron chi connectivity index (χ4n) is 3.60. The number of aryl methyl sites for hydroxylation is 1. The molecule has 3 heterocycles. The quantitative estimate of drug-likeness (QED) is 0.682. The average Bonchev–Trinajstić information content (AvgIpc) is 3.29. The first-order valence-corrected chi connectivity index (χ1v) is 8.66. The third kappa shape index (κ3) is 3.35. The molecule has 0 aromatic carbocycles. The number of rotatable bonds is 4. The summed E-state index contributed by atoms with van der Waals surface area (Å²) in [5.74, 6) is 0.566. The lowest BCUT2D eigenvalue weighted by Crippen LogP contribution is -2.28. The summed E-state index contributed by atoms with van der Waals surface area (Å²) in [5.41, 5.74) is 3.79. The Morgan fingerprint density at radius 2 is 2.00 bits per heavy atom. The van der Waals surface area contributed by atoms with E-state index in [1.54, 1.807) is 17.1 Å². The molecule has 0 saturated heterocycles. The normalized spacial score (nSPS) is 20.5. The Balaban J connectivity index is 1.45. The van der Waals surface area contributed by atoms with Crippen molar-refractivity contribution in [2.45, 2.75) is 37.6 Å². The molecule has 7 nitrogen and oxygen atoms in total. The molecule has 130 valence electrons. The van der Waals surface area contributed by atoms with Crippen molar-refractivity contribution in [3.63, 3.8) is 0 Å². The van der Waals surface area contributed by atoms with Crippen LogP contribution in [0.1, 0.15) is 37.2 Å². The number of nitrogens with one attached hydrogen (secondary N) is 3. The van der Waals surface area contributed by atoms with Gasteiger partial charge in [-0.1, -0.05) is 0 Å². The Kier molecular flexibility index (Phi) is 4.13. The van der Waals surface area contributed by atoms with Crippen molar-refractivity contribution < 1.29 is 0 Å². The van der Waals surface area contributed by atoms with Gasteiger partial charge in [0.15, 0.2) is 0 Å². The summed E-state index contributed by atoms with van der Waals surface area (Å²) in [6, 6.07) is 2.24. The van der Waals surface area contributed by atoms with Gasteiger partial charge in [-0.2, -0.15) is 10.2 Å². The molecule has 25 heavy (non-hydrogen) atoms. The van der Waals surface area contributed by atoms with Crippen LogP contribution in [0.5, 0.6) is 0 Å². The highest BCUT2D eigenvalue weighted by Gasteiger charge is 2.23. The molecule has 0 atom stereocenters. The maximum absolute atomic E-state index is 12.2. The van der Waals surface area contributed by atoms with Gasteiger partial charge in [0.2, 0.25) is 0 Å². The van der Waals surface area contributed by atoms with Crippen LogP contribution in [-0.4, -0.2) is 31.0 Å². The topological polar surface area (TPSA) is 91.4 Å². The summed E-state index contributed by atoms with van der Waals surface area (Å²) in [7, 11) is 1.88. The standard InChI is InChI=1S/C18H22N6O/c1-24-11-15(10-22-24)13-6-17(18(25)19-7-13)23-16-4-2-12(3-5-16)14-8-20-21-9-14/h6-12,16,23H,2-5H2,1H3,(H,19,25)(H,20,21). The predicted molar refractivity (Wildman–Crippen MR) is 96.5 cm³/mol. The summed E-state index contributed by atoms with van der Waals surface area (Å²) in [6.45, 7) is 0. The van der Waals surface area contributed by atoms with Crippen molar-refractivity contribution in [2.75, 3.05) is 5.32 Å². The number of aromatic nitrogens is 5. The highest BCUT2D eigenvalue weighted by Crippen LogP contribution is 2.33. The van der Waals surface area contributed by atoms with Crippen LogP contribution in [0.3, 0.4) is 0 Å². The average molecular weight is 338 g/mol. The first-order valence-electron chi connectivity index (χ1n) is 8.66. The zero-order valence-electron chi connectivity index (χ0n) is 14.2. The van der Waals surface area contributed by atoms with E-state index in [-0.39, 0.29) is 5.56 Å². The largest absolute Gasteiger partial charge is 0.378 e. The Hall–Kier alpha value is -2.83. The van der Waals surface area contributed by atoms with Gasteiger partial charge >= 0.3 is 0 Å². The minimum Gasteiger partial charge on any atom is -0.378 e. The molecule has 4 rings (SSSR count). The molecule has 0 amide bonds. The maximum atomic E-state index is 12.2. The molecule has 0 unspecified atom stereocenters. The van der Waals surface area contributed by atoms with Crippen LogP contribution < -0.4 is 10.9 Å². The first kappa shape index (κ1) is 15.7. The number of nitrogens with zero attached hydrogens (tertiary/aromatic N) is 3. The van der Waals surface area contributed by atoms with Gasteiger partial charge in [-0.3, -0.25) is 14.6 Å². The Morgan fingerprint density at radius 1 is 1.16 bits per heavy atom. The van der Waals surface area contributed by atoms with Gasteiger partial charge in [0.25, 0.3) is 5.56 Å². The van der Waals surface area contributed by atoms with E-state index in [0.717, 1.165) is 36.8 Å². The van der Waals surface area contributed by atoms with E-state index in [9.17, 15) is 4.79 Å². The monoisotopic (exact) mass is 338 g/mol. The minimum absolute atomic E-state index is 0.0791. The van der Waals surface area contributed by atoms with Gasteiger partial charge in [-0.25, -0.2) is 0 Å². The van der Waals surface area contributed by atoms with Gasteiger partial charge in [0.05, 0.1) is 12.4 Å². The van der Waals surface area contributed by atoms with Crippen molar-refractivity contribution in [1.82, 2.24) is 25.0 Å². The smallest absolute Gasteiger partial charge is 0.271 e. The summed E-state index contributed by atoms with van der Waals surface area (Å²) in [4.78, 5) is 15.0. The number of hydrogen-bond acceptors (Lipinski definition) is 4. The second kappa shape index (κ2) is 6.58. The van der Waals surface area contributed by atoms with Crippen LogP contribution in [0, 0.1) is 0 Å². The lowest BCUT2D eigenvalue weighted by Gasteiger charge is -2.29. The number of anilines is 1. The molecule has 0 aliphatic heterocycles. The second-order valence-corrected chi connectivity index (χ2v) is 6.76. The second-order valence-electron chi connectivity index (χ2n) is 6.76. The van der Waals surface area contributed by atoms with E-state index in [0.29, 0.717) is 17.6 Å². The van der Waals surface area contributed by atoms with E-state index in [1.165, 1.54) is 5.56 Å². The molecule has 7 heteroatoms. The van der Waals surface area contributed by atoms with Crippen LogP contribution in [0.2, 0.25) is 0 Å². The lowest BCUT2D eigenvalue weighted by atomic mass is 9.83. The highest BCUT2D eigenvalue weighted by atomic mass is 16.1. The molecule has 1 aliphatic rings. The third-order valence-electron chi connectivity index (χ3n) is 5.02. The molecule has 0 radical (unpaired) electrons. The molecule has 0 spiro atoms. The van der Waals surface area contributed by atoms with Gasteiger partial charge in [0.1, 0.15) is 5.69 Å². The molecule has 1 saturated carbocycles. The Bertz CT molecular complexity index is 886. The summed E-state index contributed by atoms with van der Waals surface area (Å²) < 4.78 is 1.75. The Morgan fingerprint density at radius 3 is 2.68 bits per heavy atom. The summed E-state index contributed by atoms with van der Waals surface area (Å²) in [6.07, 6.45) is 13.7. The number of H-pyrrole nitrogens is 2. The minimum atomic E-state index is -0.0791. The molecule has 3 N–H and O–H groups in total. The van der Waals surface area contributed by atoms with Crippen molar-refractivity contribution in [2.24, 2.45) is 7.05 Å². The van der Waals surface area contributed by atoms with Crippen LogP contribution in [0.15, 0.2) is 41.8 Å². The number of hydrogen-bond donors (Lipinski definition) is 3. The van der Waals surface area contributed by atoms with Gasteiger partial charge in [-0.15, -0.1) is 0 Å². The van der Waals surface area contributed by atoms with Gasteiger partial charge in [0, 0.05) is 42.8 Å². The fraction of sp³-hybridized carbons (Fsp3) is 0.389. The molecular weight excluding hydrogens is 316 g/mol. The van der Waals surface area contributed by atoms with Crippen LogP contribution in [0.4, 0.5) is 5.69 Å². The Labute approximate surface area is 145 Å². The van der Waals surface area contributed by atoms with Crippen molar-refractivity contribution in [3.05, 3.63) is 53.0 Å². The molecule has 1 fully saturated rings. The zero-order valence-corrected chi connectivity index (χ0v) is 14.2. The fourth-order valence-corrected chi connectivity index (χ4v) is 3.60. The number of pyridine rings is 1. The van der Waals surface area contributed by atoms with E-state index >= 15 is 0 Å². The highest BCUT2D eigenvalue weighted by molar-refractivity contribution is 5.65. The molecule has 0 bridgehead atoms. The van der Waals surface area contributed by atoms with Crippen LogP contribution in [0.25, 0.3) is 11.1 Å². The molecule has 3 aromatic heterocycles. The molecular formula is C18H22N6O. The predicted octanol–water partition coefficient (Wildman–Crippen LogP) is 2.64. The zero-order chi connectivity index (χ0) is 17.2. The van der Waals surface area contributed by atoms with E-state index in [4.69, 9.17) is 0 Å². The van der Waals surface area contributed by atoms with Crippen molar-refractivity contribution >= 4 is 5.69 Å². The SMILES string of the molecule is Cn1cc(-c2c[nH]c(=O)c(NC3CCC(c4cn[nH]c4)CC3)c2)cn1. The molecule has 1 aliphatic carbocycles. The third-order valence-corrected chi connectivity index (χ3v) is 5.02. The lowest BCUT2D eigenvalue weighted by molar-refractivity contribution is 0.412. The van der Waals surface area contributed by atoms with Crippen molar-refractivity contribution in [1.29, 1.82) is 0 Å². The van der Waals surface area contributed by atoms with Gasteiger partial charge in [-0.05, 0) is 43.2 Å². The van der Waals surface area contributed by atoms with E-state index in [1.807, 2.05) is 31.7 Å². The van der Waals surface area contributed by atoms with E-state index in [2.05, 4.69) is 25.6 Å². The maximum Gasteiger partial charge on any atom is 0.271 e. The van der Waals surface area contributed by atoms with Crippen LogP contribution >= 0.6 is 0 Å². The first-order chi connectivity index (χ1) is 12.2. The summed E-state index contributed by atoms with van der Waals surface area (Å²) >= 11 is 0. The number of aromatic amines is 2. The van der Waals surface area contributed by atoms with Gasteiger partial charge < -0.3 is 10.3 Å². The summed E-state index contributed by atoms with van der Waals surface area (Å²) in [5, 5.41) is 14.6. The van der Waals surface area contributed by atoms with E-state index < -0.39 is 0 Å². The molecule has 3 aromatic rings. The van der Waals surface area contributed by atoms with Crippen LogP contribution in [-0.2, 0) is 7.05 Å². The van der Waals surface area contributed by atoms with Crippen molar-refractivity contribution in [3.8, 4) is 11.1 Å².